The van der Waals surface area contributed by atoms with Crippen LogP contribution in [-0.2, 0) is 16.0 Å². The van der Waals surface area contributed by atoms with Gasteiger partial charge in [0.25, 0.3) is 0 Å². The second kappa shape index (κ2) is 7.06. The molecule has 0 saturated heterocycles. The van der Waals surface area contributed by atoms with Crippen LogP contribution < -0.4 is 0 Å². The Morgan fingerprint density at radius 1 is 1.36 bits per heavy atom. The first kappa shape index (κ1) is 10.7. The minimum Gasteiger partial charge on any atom is -0.457 e. The van der Waals surface area contributed by atoms with Crippen molar-refractivity contribution in [1.29, 1.82) is 0 Å². The summed E-state index contributed by atoms with van der Waals surface area (Å²) in [6, 6.07) is 4.02. The van der Waals surface area contributed by atoms with Crippen molar-refractivity contribution in [3.8, 4) is 0 Å². The maximum atomic E-state index is 9.70. The number of nitrogens with zero attached hydrogens (tertiary/aromatic N) is 1. The van der Waals surface area contributed by atoms with Gasteiger partial charge >= 0.3 is 6.47 Å². The van der Waals surface area contributed by atoms with Crippen LogP contribution in [0.3, 0.4) is 0 Å². The van der Waals surface area contributed by atoms with Crippen molar-refractivity contribution in [2.75, 3.05) is 6.61 Å². The Morgan fingerprint density at radius 3 is 3.00 bits per heavy atom. The normalized spacial score (nSPS) is 9.71. The summed E-state index contributed by atoms with van der Waals surface area (Å²) in [6.45, 7) is 1.90. The van der Waals surface area contributed by atoms with Gasteiger partial charge in [-0.05, 0) is 37.3 Å². The highest BCUT2D eigenvalue weighted by Gasteiger charge is 1.93. The molecule has 14 heavy (non-hydrogen) atoms. The molecule has 1 aromatic rings. The van der Waals surface area contributed by atoms with Gasteiger partial charge in [-0.25, -0.2) is 4.79 Å². The monoisotopic (exact) mass is 192 g/mol. The van der Waals surface area contributed by atoms with Crippen LogP contribution >= 0.6 is 0 Å². The van der Waals surface area contributed by atoms with Crippen molar-refractivity contribution < 1.29 is 9.53 Å². The Hall–Kier alpha value is -1.38. The third-order valence-corrected chi connectivity index (χ3v) is 1.99. The lowest BCUT2D eigenvalue weighted by atomic mass is 10.1. The summed E-state index contributed by atoms with van der Waals surface area (Å²) in [7, 11) is 0. The largest absolute Gasteiger partial charge is 0.457 e. The highest BCUT2D eigenvalue weighted by atomic mass is 16.5. The molecule has 1 heterocycles. The zero-order valence-electron chi connectivity index (χ0n) is 8.11. The predicted molar refractivity (Wildman–Crippen MR) is 53.4 cm³/mol. The van der Waals surface area contributed by atoms with Crippen molar-refractivity contribution in [2.24, 2.45) is 0 Å². The number of carbonyl (C=O) groups excluding carboxylic acids is 1. The van der Waals surface area contributed by atoms with Crippen LogP contribution in [0.15, 0.2) is 24.5 Å². The van der Waals surface area contributed by atoms with E-state index in [1.165, 1.54) is 12.0 Å². The quantitative estimate of drug-likeness (QED) is 0.619. The molecule has 0 spiro atoms. The van der Waals surface area contributed by atoms with Gasteiger partial charge in [0.15, 0.2) is 0 Å². The van der Waals surface area contributed by atoms with Crippen molar-refractivity contribution >= 4 is 6.47 Å². The average molecular weight is 192 g/mol. The van der Waals surface area contributed by atoms with Gasteiger partial charge < -0.3 is 4.74 Å². The molecule has 1 radical (unpaired) electrons. The molecule has 0 aliphatic rings. The fraction of sp³-hybridized carbons (Fsp3) is 0.455. The van der Waals surface area contributed by atoms with Crippen LogP contribution in [0.5, 0.6) is 0 Å². The van der Waals surface area contributed by atoms with Gasteiger partial charge in [0.05, 0.1) is 6.61 Å². The van der Waals surface area contributed by atoms with Gasteiger partial charge in [-0.2, -0.15) is 0 Å². The Labute approximate surface area is 84.1 Å². The van der Waals surface area contributed by atoms with Crippen LogP contribution in [0.4, 0.5) is 0 Å². The van der Waals surface area contributed by atoms with Crippen molar-refractivity contribution in [3.05, 3.63) is 30.1 Å². The number of rotatable bonds is 7. The molecule has 1 rings (SSSR count). The van der Waals surface area contributed by atoms with Crippen LogP contribution in [0, 0.1) is 0 Å². The molecule has 75 valence electrons. The van der Waals surface area contributed by atoms with Gasteiger partial charge in [0.1, 0.15) is 0 Å². The number of hydrogen-bond acceptors (Lipinski definition) is 3. The molecule has 0 bridgehead atoms. The molecule has 3 nitrogen and oxygen atoms in total. The smallest absolute Gasteiger partial charge is 0.417 e. The molecular formula is C11H14NO2. The highest BCUT2D eigenvalue weighted by molar-refractivity contribution is 5.37. The SMILES string of the molecule is O=[C]OCCCCCc1cccnc1. The Kier molecular flexibility index (Phi) is 5.40. The second-order valence-electron chi connectivity index (χ2n) is 3.10. The first-order valence-electron chi connectivity index (χ1n) is 4.81. The van der Waals surface area contributed by atoms with Crippen LogP contribution in [-0.4, -0.2) is 18.1 Å². The molecule has 0 fully saturated rings. The minimum atomic E-state index is 0.483. The number of pyridine rings is 1. The summed E-state index contributed by atoms with van der Waals surface area (Å²) in [5.74, 6) is 0. The Bertz CT molecular complexity index is 249. The van der Waals surface area contributed by atoms with Crippen LogP contribution in [0.1, 0.15) is 24.8 Å². The Balaban J connectivity index is 2.02. The molecule has 0 unspecified atom stereocenters. The number of aryl methyl sites for hydroxylation is 1. The molecule has 0 aliphatic carbocycles. The van der Waals surface area contributed by atoms with E-state index < -0.39 is 0 Å². The lowest BCUT2D eigenvalue weighted by Crippen LogP contribution is -1.92. The van der Waals surface area contributed by atoms with Crippen molar-refractivity contribution in [2.45, 2.75) is 25.7 Å². The molecule has 3 heteroatoms. The molecule has 0 atom stereocenters. The predicted octanol–water partition coefficient (Wildman–Crippen LogP) is 1.88. The highest BCUT2D eigenvalue weighted by Crippen LogP contribution is 2.04. The van der Waals surface area contributed by atoms with Gasteiger partial charge in [-0.3, -0.25) is 4.98 Å². The van der Waals surface area contributed by atoms with Gasteiger partial charge in [0.2, 0.25) is 0 Å². The number of aromatic nitrogens is 1. The van der Waals surface area contributed by atoms with Crippen molar-refractivity contribution in [1.82, 2.24) is 4.98 Å². The maximum Gasteiger partial charge on any atom is 0.417 e. The summed E-state index contributed by atoms with van der Waals surface area (Å²) in [5.41, 5.74) is 1.26. The van der Waals surface area contributed by atoms with Crippen molar-refractivity contribution in [3.63, 3.8) is 0 Å². The summed E-state index contributed by atoms with van der Waals surface area (Å²) in [6.07, 6.45) is 7.78. The summed E-state index contributed by atoms with van der Waals surface area (Å²) in [4.78, 5) is 13.7. The molecule has 0 amide bonds. The van der Waals surface area contributed by atoms with E-state index in [1.54, 1.807) is 6.20 Å². The third kappa shape index (κ3) is 4.60. The summed E-state index contributed by atoms with van der Waals surface area (Å²) in [5, 5.41) is 0. The molecule has 1 aromatic heterocycles. The molecule has 0 saturated carbocycles. The number of unbranched alkanes of at least 4 members (excludes halogenated alkanes) is 2. The van der Waals surface area contributed by atoms with E-state index in [2.05, 4.69) is 15.8 Å². The average Bonchev–Trinajstić information content (AvgIpc) is 2.25. The van der Waals surface area contributed by atoms with E-state index >= 15 is 0 Å². The van der Waals surface area contributed by atoms with E-state index in [0.29, 0.717) is 6.61 Å². The van der Waals surface area contributed by atoms with E-state index in [9.17, 15) is 4.79 Å². The molecule has 0 aliphatic heterocycles. The second-order valence-corrected chi connectivity index (χ2v) is 3.10. The van der Waals surface area contributed by atoms with E-state index in [-0.39, 0.29) is 0 Å². The summed E-state index contributed by atoms with van der Waals surface area (Å²) >= 11 is 0. The molecule has 0 N–H and O–H groups in total. The lowest BCUT2D eigenvalue weighted by Gasteiger charge is -2.00. The zero-order valence-corrected chi connectivity index (χ0v) is 8.11. The minimum absolute atomic E-state index is 0.483. The van der Waals surface area contributed by atoms with Crippen LogP contribution in [0.2, 0.25) is 0 Å². The first-order valence-corrected chi connectivity index (χ1v) is 4.81. The van der Waals surface area contributed by atoms with E-state index in [4.69, 9.17) is 0 Å². The number of ether oxygens (including phenoxy) is 1. The lowest BCUT2D eigenvalue weighted by molar-refractivity contribution is 0.269. The van der Waals surface area contributed by atoms with E-state index in [1.807, 2.05) is 12.3 Å². The molecule has 0 aromatic carbocycles. The molecular weight excluding hydrogens is 178 g/mol. The van der Waals surface area contributed by atoms with Gasteiger partial charge in [0, 0.05) is 12.4 Å². The first-order chi connectivity index (χ1) is 6.93. The summed E-state index contributed by atoms with van der Waals surface area (Å²) < 4.78 is 4.47. The third-order valence-electron chi connectivity index (χ3n) is 1.99. The van der Waals surface area contributed by atoms with E-state index in [0.717, 1.165) is 25.7 Å². The standard InChI is InChI=1S/C11H14NO2/c13-10-14-8-3-1-2-5-11-6-4-7-12-9-11/h4,6-7,9H,1-3,5,8H2. The van der Waals surface area contributed by atoms with Gasteiger partial charge in [-0.15, -0.1) is 0 Å². The topological polar surface area (TPSA) is 39.2 Å². The van der Waals surface area contributed by atoms with Gasteiger partial charge in [-0.1, -0.05) is 6.07 Å². The maximum absolute atomic E-state index is 9.70. The van der Waals surface area contributed by atoms with Crippen LogP contribution in [0.25, 0.3) is 0 Å². The number of hydrogen-bond donors (Lipinski definition) is 0. The fourth-order valence-corrected chi connectivity index (χ4v) is 1.27. The fourth-order valence-electron chi connectivity index (χ4n) is 1.27. The Morgan fingerprint density at radius 2 is 2.29 bits per heavy atom. The zero-order chi connectivity index (χ0) is 10.1.